The van der Waals surface area contributed by atoms with E-state index in [0.717, 1.165) is 0 Å². The van der Waals surface area contributed by atoms with Crippen molar-refractivity contribution in [1.82, 2.24) is 0 Å². The van der Waals surface area contributed by atoms with E-state index < -0.39 is 15.6 Å². The summed E-state index contributed by atoms with van der Waals surface area (Å²) in [6.07, 6.45) is 0. The van der Waals surface area contributed by atoms with Crippen molar-refractivity contribution in [3.05, 3.63) is 18.2 Å². The Balaban J connectivity index is 0.000000364. The van der Waals surface area contributed by atoms with Gasteiger partial charge in [0.25, 0.3) is 0 Å². The van der Waals surface area contributed by atoms with Crippen LogP contribution in [0.3, 0.4) is 0 Å². The molecular formula is C9H7F3O6SZn. The Morgan fingerprint density at radius 1 is 1.35 bits per heavy atom. The standard InChI is InChI=1S/C8H7O3.CHF3O3S.Zn/c1-9-6-3-2-4-7-8(6)11-5-10-7;2-1(3,4)8(5,6)7;/h3-4H,5H2,1H3;(H,5,6,7);/q-1;;+2/p-1. The summed E-state index contributed by atoms with van der Waals surface area (Å²) in [6, 6.07) is 6.33. The van der Waals surface area contributed by atoms with Crippen LogP contribution in [0.25, 0.3) is 0 Å². The van der Waals surface area contributed by atoms with Crippen molar-refractivity contribution >= 4 is 10.1 Å². The van der Waals surface area contributed by atoms with E-state index in [1.54, 1.807) is 19.2 Å². The average Bonchev–Trinajstić information content (AvgIpc) is 2.74. The van der Waals surface area contributed by atoms with E-state index >= 15 is 0 Å². The molecule has 0 N–H and O–H groups in total. The van der Waals surface area contributed by atoms with Crippen molar-refractivity contribution in [2.45, 2.75) is 5.51 Å². The molecule has 0 spiro atoms. The molecule has 6 nitrogen and oxygen atoms in total. The van der Waals surface area contributed by atoms with Gasteiger partial charge in [0, 0.05) is 0 Å². The Bertz CT molecular complexity index is 545. The molecule has 1 heterocycles. The van der Waals surface area contributed by atoms with E-state index in [0.29, 0.717) is 17.2 Å². The summed E-state index contributed by atoms with van der Waals surface area (Å²) in [5, 5.41) is 0. The molecular weight excluding hydrogens is 359 g/mol. The van der Waals surface area contributed by atoms with Crippen LogP contribution in [0.5, 0.6) is 17.2 Å². The first-order valence-electron chi connectivity index (χ1n) is 4.52. The molecule has 0 amide bonds. The molecule has 108 valence electrons. The summed E-state index contributed by atoms with van der Waals surface area (Å²) >= 11 is 0. The molecule has 1 aromatic carbocycles. The summed E-state index contributed by atoms with van der Waals surface area (Å²) in [7, 11) is -4.50. The fourth-order valence-electron chi connectivity index (χ4n) is 0.999. The van der Waals surface area contributed by atoms with Crippen LogP contribution in [0.1, 0.15) is 0 Å². The van der Waals surface area contributed by atoms with Crippen molar-refractivity contribution in [3.8, 4) is 17.2 Å². The minimum absolute atomic E-state index is 0. The smallest absolute Gasteiger partial charge is 0.741 e. The van der Waals surface area contributed by atoms with Crippen LogP contribution in [0, 0.1) is 6.07 Å². The largest absolute Gasteiger partial charge is 2.00 e. The quantitative estimate of drug-likeness (QED) is 0.322. The predicted octanol–water partition coefficient (Wildman–Crippen LogP) is 1.27. The molecule has 1 aromatic rings. The maximum Gasteiger partial charge on any atom is 2.00 e. The Labute approximate surface area is 125 Å². The van der Waals surface area contributed by atoms with E-state index in [2.05, 4.69) is 6.07 Å². The zero-order valence-electron chi connectivity index (χ0n) is 10.1. The number of rotatable bonds is 1. The van der Waals surface area contributed by atoms with Gasteiger partial charge in [-0.2, -0.15) is 19.2 Å². The molecule has 0 fully saturated rings. The maximum atomic E-state index is 10.7. The topological polar surface area (TPSA) is 84.9 Å². The normalized spacial score (nSPS) is 12.8. The summed E-state index contributed by atoms with van der Waals surface area (Å²) in [5.41, 5.74) is -5.65. The van der Waals surface area contributed by atoms with E-state index in [1.165, 1.54) is 0 Å². The van der Waals surface area contributed by atoms with Crippen LogP contribution in [-0.2, 0) is 29.6 Å². The van der Waals surface area contributed by atoms with Crippen molar-refractivity contribution in [1.29, 1.82) is 0 Å². The Morgan fingerprint density at radius 3 is 2.35 bits per heavy atom. The van der Waals surface area contributed by atoms with Gasteiger partial charge in [0.2, 0.25) is 6.79 Å². The van der Waals surface area contributed by atoms with Crippen LogP contribution in [0.15, 0.2) is 12.1 Å². The molecule has 1 aliphatic rings. The van der Waals surface area contributed by atoms with Crippen LogP contribution < -0.4 is 14.2 Å². The van der Waals surface area contributed by atoms with Gasteiger partial charge in [0.05, 0.1) is 24.4 Å². The number of ether oxygens (including phenoxy) is 3. The molecule has 0 saturated heterocycles. The first kappa shape index (κ1) is 18.9. The van der Waals surface area contributed by atoms with Gasteiger partial charge < -0.3 is 18.8 Å². The number of fused-ring (bicyclic) bond motifs is 1. The van der Waals surface area contributed by atoms with E-state index in [9.17, 15) is 13.2 Å². The number of halogens is 3. The summed E-state index contributed by atoms with van der Waals surface area (Å²) in [4.78, 5) is 0. The Hall–Kier alpha value is -1.06. The van der Waals surface area contributed by atoms with Crippen LogP contribution in [0.2, 0.25) is 0 Å². The monoisotopic (exact) mass is 364 g/mol. The van der Waals surface area contributed by atoms with Crippen molar-refractivity contribution in [2.24, 2.45) is 0 Å². The van der Waals surface area contributed by atoms with Gasteiger partial charge in [-0.3, -0.25) is 0 Å². The molecule has 0 unspecified atom stereocenters. The van der Waals surface area contributed by atoms with Gasteiger partial charge in [0.1, 0.15) is 0 Å². The van der Waals surface area contributed by atoms with E-state index in [4.69, 9.17) is 27.2 Å². The van der Waals surface area contributed by atoms with E-state index in [-0.39, 0.29) is 26.3 Å². The van der Waals surface area contributed by atoms with Crippen LogP contribution in [-0.4, -0.2) is 32.4 Å². The third kappa shape index (κ3) is 4.80. The molecule has 0 bridgehead atoms. The van der Waals surface area contributed by atoms with Gasteiger partial charge >= 0.3 is 25.0 Å². The third-order valence-electron chi connectivity index (χ3n) is 1.80. The summed E-state index contributed by atoms with van der Waals surface area (Å²) < 4.78 is 74.2. The zero-order chi connectivity index (χ0) is 14.7. The Morgan fingerprint density at radius 2 is 1.90 bits per heavy atom. The SMILES string of the molecule is COc1c[c-]cc2c1OCO2.O=S(=O)([O-])C(F)(F)F.[Zn+2]. The fraction of sp³-hybridized carbons (Fsp3) is 0.333. The molecule has 0 aliphatic carbocycles. The van der Waals surface area contributed by atoms with Crippen LogP contribution >= 0.6 is 0 Å². The number of alkyl halides is 3. The predicted molar refractivity (Wildman–Crippen MR) is 53.7 cm³/mol. The fourth-order valence-corrected chi connectivity index (χ4v) is 0.999. The number of benzene rings is 1. The first-order chi connectivity index (χ1) is 8.67. The van der Waals surface area contributed by atoms with Gasteiger partial charge in [-0.25, -0.2) is 8.42 Å². The molecule has 1 aliphatic heterocycles. The molecule has 11 heteroatoms. The van der Waals surface area contributed by atoms with Gasteiger partial charge in [-0.1, -0.05) is 0 Å². The minimum atomic E-state index is -6.09. The van der Waals surface area contributed by atoms with Crippen molar-refractivity contribution in [2.75, 3.05) is 13.9 Å². The van der Waals surface area contributed by atoms with Gasteiger partial charge in [-0.05, 0) is 0 Å². The number of hydrogen-bond acceptors (Lipinski definition) is 6. The molecule has 20 heavy (non-hydrogen) atoms. The van der Waals surface area contributed by atoms with Crippen molar-refractivity contribution < 1.29 is 59.8 Å². The summed E-state index contributed by atoms with van der Waals surface area (Å²) in [6.45, 7) is 0.267. The minimum Gasteiger partial charge on any atom is -0.741 e. The first-order valence-corrected chi connectivity index (χ1v) is 5.93. The second-order valence-electron chi connectivity index (χ2n) is 3.02. The molecule has 2 rings (SSSR count). The molecule has 0 radical (unpaired) electrons. The number of hydrogen-bond donors (Lipinski definition) is 0. The Kier molecular flexibility index (Phi) is 6.72. The van der Waals surface area contributed by atoms with E-state index in [1.807, 2.05) is 0 Å². The number of methoxy groups -OCH3 is 1. The summed E-state index contributed by atoms with van der Waals surface area (Å²) in [5.74, 6) is 2.04. The third-order valence-corrected chi connectivity index (χ3v) is 2.36. The molecule has 0 atom stereocenters. The second kappa shape index (κ2) is 7.10. The molecule has 0 aromatic heterocycles. The van der Waals surface area contributed by atoms with Crippen molar-refractivity contribution in [3.63, 3.8) is 0 Å². The molecule has 0 saturated carbocycles. The van der Waals surface area contributed by atoms with Gasteiger partial charge in [0.15, 0.2) is 10.1 Å². The van der Waals surface area contributed by atoms with Gasteiger partial charge in [-0.15, -0.1) is 12.1 Å². The van der Waals surface area contributed by atoms with Crippen LogP contribution in [0.4, 0.5) is 13.2 Å². The average molecular weight is 366 g/mol. The zero-order valence-corrected chi connectivity index (χ0v) is 13.8. The maximum absolute atomic E-state index is 10.7. The second-order valence-corrected chi connectivity index (χ2v) is 4.39.